The van der Waals surface area contributed by atoms with Crippen molar-refractivity contribution in [1.82, 2.24) is 0 Å². The molecule has 0 bridgehead atoms. The molecule has 0 saturated carbocycles. The van der Waals surface area contributed by atoms with E-state index < -0.39 is 23.8 Å². The van der Waals surface area contributed by atoms with Crippen molar-refractivity contribution >= 4 is 23.5 Å². The highest BCUT2D eigenvalue weighted by Crippen LogP contribution is 2.42. The summed E-state index contributed by atoms with van der Waals surface area (Å²) in [5.41, 5.74) is 0. The highest BCUT2D eigenvalue weighted by Gasteiger charge is 2.52. The van der Waals surface area contributed by atoms with Gasteiger partial charge in [-0.3, -0.25) is 0 Å². The van der Waals surface area contributed by atoms with Crippen molar-refractivity contribution in [3.8, 4) is 0 Å². The lowest BCUT2D eigenvalue weighted by atomic mass is 10.0. The van der Waals surface area contributed by atoms with E-state index in [1.165, 1.54) is 6.42 Å². The smallest absolute Gasteiger partial charge is 0.163 e. The van der Waals surface area contributed by atoms with Crippen molar-refractivity contribution in [3.63, 3.8) is 0 Å². The van der Waals surface area contributed by atoms with E-state index in [0.717, 1.165) is 11.5 Å². The zero-order chi connectivity index (χ0) is 16.0. The number of aliphatic hydroxyl groups is 1. The molecule has 0 spiro atoms. The number of thioether (sulfide) groups is 2. The number of aliphatic hydroxyl groups excluding tert-OH is 1. The Balaban J connectivity index is 1.75. The van der Waals surface area contributed by atoms with Crippen molar-refractivity contribution in [2.45, 2.75) is 74.7 Å². The van der Waals surface area contributed by atoms with E-state index in [1.54, 1.807) is 0 Å². The Morgan fingerprint density at radius 3 is 2.14 bits per heavy atom. The zero-order valence-corrected chi connectivity index (χ0v) is 15.2. The van der Waals surface area contributed by atoms with Crippen LogP contribution in [0.15, 0.2) is 0 Å². The quantitative estimate of drug-likeness (QED) is 0.819. The van der Waals surface area contributed by atoms with Gasteiger partial charge in [-0.1, -0.05) is 0 Å². The van der Waals surface area contributed by atoms with Gasteiger partial charge < -0.3 is 24.1 Å². The van der Waals surface area contributed by atoms with Crippen LogP contribution in [0.2, 0.25) is 0 Å². The second-order valence-electron chi connectivity index (χ2n) is 6.89. The van der Waals surface area contributed by atoms with Gasteiger partial charge in [-0.25, -0.2) is 0 Å². The molecule has 3 aliphatic heterocycles. The van der Waals surface area contributed by atoms with Gasteiger partial charge in [-0.15, -0.1) is 23.5 Å². The predicted octanol–water partition coefficient (Wildman–Crippen LogP) is 2.22. The van der Waals surface area contributed by atoms with Gasteiger partial charge in [-0.05, 0) is 45.6 Å². The molecule has 3 aliphatic rings. The Bertz CT molecular complexity index is 397. The topological polar surface area (TPSA) is 57.2 Å². The Morgan fingerprint density at radius 2 is 1.55 bits per heavy atom. The van der Waals surface area contributed by atoms with E-state index in [0.29, 0.717) is 6.61 Å². The van der Waals surface area contributed by atoms with Crippen LogP contribution in [0.4, 0.5) is 0 Å². The molecule has 0 aromatic carbocycles. The number of hydrogen-bond donors (Lipinski definition) is 1. The van der Waals surface area contributed by atoms with Gasteiger partial charge in [0.2, 0.25) is 0 Å². The van der Waals surface area contributed by atoms with Crippen LogP contribution >= 0.6 is 23.5 Å². The Morgan fingerprint density at radius 1 is 0.909 bits per heavy atom. The third-order valence-electron chi connectivity index (χ3n) is 4.03. The van der Waals surface area contributed by atoms with Crippen molar-refractivity contribution in [1.29, 1.82) is 0 Å². The summed E-state index contributed by atoms with van der Waals surface area (Å²) in [6, 6.07) is 0. The first kappa shape index (κ1) is 17.3. The molecular weight excluding hydrogens is 324 g/mol. The van der Waals surface area contributed by atoms with Crippen molar-refractivity contribution < 1.29 is 24.1 Å². The third-order valence-corrected chi connectivity index (χ3v) is 7.09. The largest absolute Gasteiger partial charge is 0.388 e. The third kappa shape index (κ3) is 3.77. The lowest BCUT2D eigenvalue weighted by Gasteiger charge is -2.47. The number of hydrogen-bond acceptors (Lipinski definition) is 7. The minimum absolute atomic E-state index is 0.241. The summed E-state index contributed by atoms with van der Waals surface area (Å²) in [6.45, 7) is 8.00. The first-order valence-electron chi connectivity index (χ1n) is 7.86. The van der Waals surface area contributed by atoms with Crippen LogP contribution < -0.4 is 0 Å². The second kappa shape index (κ2) is 6.43. The molecule has 0 amide bonds. The van der Waals surface area contributed by atoms with Gasteiger partial charge in [0.25, 0.3) is 0 Å². The molecule has 0 aromatic heterocycles. The lowest BCUT2D eigenvalue weighted by molar-refractivity contribution is -0.343. The van der Waals surface area contributed by atoms with E-state index in [4.69, 9.17) is 18.9 Å². The molecule has 3 heterocycles. The Kier molecular flexibility index (Phi) is 5.06. The van der Waals surface area contributed by atoms with E-state index in [1.807, 2.05) is 51.2 Å². The average Bonchev–Trinajstić information content (AvgIpc) is 2.82. The maximum Gasteiger partial charge on any atom is 0.163 e. The van der Waals surface area contributed by atoms with Crippen molar-refractivity contribution in [3.05, 3.63) is 0 Å². The van der Waals surface area contributed by atoms with Crippen LogP contribution in [-0.4, -0.2) is 63.8 Å². The second-order valence-corrected chi connectivity index (χ2v) is 9.68. The van der Waals surface area contributed by atoms with Crippen LogP contribution in [0.5, 0.6) is 0 Å². The van der Waals surface area contributed by atoms with Crippen LogP contribution in [0.1, 0.15) is 34.1 Å². The molecule has 3 rings (SSSR count). The fraction of sp³-hybridized carbons (Fsp3) is 1.00. The first-order valence-corrected chi connectivity index (χ1v) is 9.96. The minimum Gasteiger partial charge on any atom is -0.388 e. The normalized spacial score (nSPS) is 42.4. The van der Waals surface area contributed by atoms with Gasteiger partial charge >= 0.3 is 0 Å². The first-order chi connectivity index (χ1) is 10.3. The average molecular weight is 351 g/mol. The van der Waals surface area contributed by atoms with Gasteiger partial charge in [0.05, 0.1) is 11.2 Å². The Hall–Kier alpha value is 0.500. The lowest BCUT2D eigenvalue weighted by Crippen LogP contribution is -2.61. The van der Waals surface area contributed by atoms with Crippen molar-refractivity contribution in [2.24, 2.45) is 0 Å². The number of rotatable bonds is 2. The molecule has 3 fully saturated rings. The molecule has 0 unspecified atom stereocenters. The molecule has 0 aromatic rings. The molecule has 4 atom stereocenters. The molecule has 0 radical (unpaired) electrons. The molecule has 0 aliphatic carbocycles. The van der Waals surface area contributed by atoms with Gasteiger partial charge in [-0.2, -0.15) is 0 Å². The minimum atomic E-state index is -0.733. The van der Waals surface area contributed by atoms with Gasteiger partial charge in [0.1, 0.15) is 24.4 Å². The van der Waals surface area contributed by atoms with E-state index >= 15 is 0 Å². The molecule has 22 heavy (non-hydrogen) atoms. The molecule has 3 saturated heterocycles. The summed E-state index contributed by atoms with van der Waals surface area (Å²) < 4.78 is 23.8. The summed E-state index contributed by atoms with van der Waals surface area (Å²) in [7, 11) is 0. The SMILES string of the molecule is CC1(C)O[C@@H]([C@H]2COC(C)(C)O2)[C@H](O)[C@@H](C2SCCCS2)O1. The van der Waals surface area contributed by atoms with E-state index in [9.17, 15) is 5.11 Å². The van der Waals surface area contributed by atoms with Gasteiger partial charge in [0, 0.05) is 0 Å². The molecular formula is C15H26O5S2. The Labute approximate surface area is 140 Å². The van der Waals surface area contributed by atoms with Crippen LogP contribution in [0, 0.1) is 0 Å². The maximum atomic E-state index is 10.8. The monoisotopic (exact) mass is 350 g/mol. The maximum absolute atomic E-state index is 10.8. The van der Waals surface area contributed by atoms with Crippen molar-refractivity contribution in [2.75, 3.05) is 18.1 Å². The highest BCUT2D eigenvalue weighted by molar-refractivity contribution is 8.17. The summed E-state index contributed by atoms with van der Waals surface area (Å²) in [4.78, 5) is 0. The van der Waals surface area contributed by atoms with Crippen LogP contribution in [0.25, 0.3) is 0 Å². The highest BCUT2D eigenvalue weighted by atomic mass is 32.2. The zero-order valence-electron chi connectivity index (χ0n) is 13.6. The molecule has 7 heteroatoms. The fourth-order valence-electron chi connectivity index (χ4n) is 3.09. The van der Waals surface area contributed by atoms with E-state index in [2.05, 4.69) is 0 Å². The standard InChI is InChI=1S/C15H26O5S2/c1-14(2)17-8-9(18-14)11-10(16)12(20-15(3,4)19-11)13-21-6-5-7-22-13/h9-13,16H,5-8H2,1-4H3/t9-,10+,11+,12+/m1/s1. The summed E-state index contributed by atoms with van der Waals surface area (Å²) in [5.74, 6) is 0.877. The molecule has 128 valence electrons. The summed E-state index contributed by atoms with van der Waals surface area (Å²) in [6.07, 6.45) is -0.450. The summed E-state index contributed by atoms with van der Waals surface area (Å²) in [5, 5.41) is 10.8. The summed E-state index contributed by atoms with van der Waals surface area (Å²) >= 11 is 3.74. The predicted molar refractivity (Wildman–Crippen MR) is 88.1 cm³/mol. The van der Waals surface area contributed by atoms with E-state index in [-0.39, 0.29) is 16.8 Å². The molecule has 5 nitrogen and oxygen atoms in total. The van der Waals surface area contributed by atoms with Crippen LogP contribution in [0.3, 0.4) is 0 Å². The fourth-order valence-corrected chi connectivity index (χ4v) is 6.14. The van der Waals surface area contributed by atoms with Crippen LogP contribution in [-0.2, 0) is 18.9 Å². The van der Waals surface area contributed by atoms with Gasteiger partial charge in [0.15, 0.2) is 11.6 Å². The molecule has 1 N–H and O–H groups in total. The number of ether oxygens (including phenoxy) is 4.